The van der Waals surface area contributed by atoms with Gasteiger partial charge < -0.3 is 10.4 Å². The van der Waals surface area contributed by atoms with Crippen LogP contribution in [0.15, 0.2) is 53.7 Å². The highest BCUT2D eigenvalue weighted by Crippen LogP contribution is 2.40. The third kappa shape index (κ3) is 3.67. The standard InChI is InChI=1S/C25H24N6O2S/c1-13-15(3)34-24-20(13)22(17-8-10-18(11-9-17)27-19-7-5-6-12-26-19)28-21(14(2)25(32)33)23-30-29-16(4)31(23)24/h5-12,14,21H,1-4H3,(H,26,27)(H,32,33)/t14?,21-/m0/s1. The molecule has 0 amide bonds. The van der Waals surface area contributed by atoms with Crippen LogP contribution in [0.25, 0.3) is 5.00 Å². The Kier molecular flexibility index (Phi) is 5.49. The summed E-state index contributed by atoms with van der Waals surface area (Å²) in [6.45, 7) is 7.72. The number of aliphatic imine (C=N–C) groups is 1. The molecule has 2 atom stereocenters. The number of benzene rings is 1. The van der Waals surface area contributed by atoms with Gasteiger partial charge in [0.25, 0.3) is 0 Å². The highest BCUT2D eigenvalue weighted by molar-refractivity contribution is 7.15. The molecule has 3 aromatic heterocycles. The number of anilines is 2. The predicted octanol–water partition coefficient (Wildman–Crippen LogP) is 5.01. The van der Waals surface area contributed by atoms with E-state index < -0.39 is 17.9 Å². The lowest BCUT2D eigenvalue weighted by molar-refractivity contribution is -0.141. The number of hydrogen-bond donors (Lipinski definition) is 2. The first kappa shape index (κ1) is 22.0. The van der Waals surface area contributed by atoms with Gasteiger partial charge in [-0.1, -0.05) is 18.2 Å². The van der Waals surface area contributed by atoms with E-state index in [1.54, 1.807) is 24.5 Å². The molecule has 0 saturated heterocycles. The fraction of sp³-hybridized carbons (Fsp3) is 0.240. The second-order valence-electron chi connectivity index (χ2n) is 8.37. The van der Waals surface area contributed by atoms with Crippen LogP contribution in [0.1, 0.15) is 46.2 Å². The molecule has 1 aliphatic rings. The summed E-state index contributed by atoms with van der Waals surface area (Å²) < 4.78 is 1.97. The number of aryl methyl sites for hydroxylation is 2. The Morgan fingerprint density at radius 3 is 2.56 bits per heavy atom. The zero-order valence-corrected chi connectivity index (χ0v) is 20.1. The van der Waals surface area contributed by atoms with E-state index in [-0.39, 0.29) is 0 Å². The summed E-state index contributed by atoms with van der Waals surface area (Å²) in [6.07, 6.45) is 1.74. The van der Waals surface area contributed by atoms with Crippen molar-refractivity contribution in [3.8, 4) is 5.00 Å². The Morgan fingerprint density at radius 1 is 1.12 bits per heavy atom. The van der Waals surface area contributed by atoms with Crippen molar-refractivity contribution in [1.82, 2.24) is 19.7 Å². The number of nitrogens with zero attached hydrogens (tertiary/aromatic N) is 5. The first-order valence-electron chi connectivity index (χ1n) is 11.0. The highest BCUT2D eigenvalue weighted by atomic mass is 32.1. The van der Waals surface area contributed by atoms with Crippen LogP contribution in [0, 0.1) is 26.7 Å². The molecule has 5 rings (SSSR count). The number of aliphatic carboxylic acids is 1. The molecule has 0 bridgehead atoms. The molecule has 1 aromatic carbocycles. The number of carboxylic acids is 1. The third-order valence-corrected chi connectivity index (χ3v) is 7.34. The Balaban J connectivity index is 1.65. The van der Waals surface area contributed by atoms with E-state index in [1.165, 1.54) is 4.88 Å². The van der Waals surface area contributed by atoms with E-state index in [4.69, 9.17) is 4.99 Å². The maximum Gasteiger partial charge on any atom is 0.308 e. The number of carbonyl (C=O) groups is 1. The molecule has 0 spiro atoms. The van der Waals surface area contributed by atoms with E-state index in [0.717, 1.165) is 38.9 Å². The van der Waals surface area contributed by atoms with E-state index in [1.807, 2.05) is 54.0 Å². The zero-order valence-electron chi connectivity index (χ0n) is 19.3. The minimum atomic E-state index is -0.923. The molecule has 1 aliphatic heterocycles. The van der Waals surface area contributed by atoms with Gasteiger partial charge >= 0.3 is 5.97 Å². The van der Waals surface area contributed by atoms with Crippen molar-refractivity contribution in [1.29, 1.82) is 0 Å². The van der Waals surface area contributed by atoms with E-state index >= 15 is 0 Å². The normalized spacial score (nSPS) is 15.6. The summed E-state index contributed by atoms with van der Waals surface area (Å²) in [7, 11) is 0. The number of aromatic nitrogens is 4. The third-order valence-electron chi connectivity index (χ3n) is 6.15. The van der Waals surface area contributed by atoms with E-state index in [2.05, 4.69) is 34.3 Å². The molecule has 4 heterocycles. The number of fused-ring (bicyclic) bond motifs is 3. The van der Waals surface area contributed by atoms with Crippen molar-refractivity contribution in [2.24, 2.45) is 10.9 Å². The van der Waals surface area contributed by atoms with Crippen molar-refractivity contribution in [3.05, 3.63) is 81.9 Å². The molecule has 0 fully saturated rings. The SMILES string of the molecule is Cc1sc2c(c1C)C(c1ccc(Nc3ccccn3)cc1)=N[C@@H](C(C)C(=O)O)c1nnc(C)n1-2. The maximum absolute atomic E-state index is 12.0. The lowest BCUT2D eigenvalue weighted by Crippen LogP contribution is -2.21. The van der Waals surface area contributed by atoms with Gasteiger partial charge in [-0.2, -0.15) is 0 Å². The van der Waals surface area contributed by atoms with Crippen LogP contribution in [-0.4, -0.2) is 36.5 Å². The van der Waals surface area contributed by atoms with E-state index in [9.17, 15) is 9.90 Å². The van der Waals surface area contributed by atoms with Crippen LogP contribution in [0.4, 0.5) is 11.5 Å². The average molecular weight is 473 g/mol. The first-order valence-corrected chi connectivity index (χ1v) is 11.8. The summed E-state index contributed by atoms with van der Waals surface area (Å²) in [5.41, 5.74) is 4.70. The highest BCUT2D eigenvalue weighted by Gasteiger charge is 2.36. The smallest absolute Gasteiger partial charge is 0.308 e. The quantitative estimate of drug-likeness (QED) is 0.423. The largest absolute Gasteiger partial charge is 0.481 e. The molecule has 0 aliphatic carbocycles. The van der Waals surface area contributed by atoms with E-state index in [0.29, 0.717) is 11.6 Å². The Morgan fingerprint density at radius 2 is 1.88 bits per heavy atom. The number of nitrogens with one attached hydrogen (secondary N) is 1. The van der Waals surface area contributed by atoms with Gasteiger partial charge in [0.1, 0.15) is 22.7 Å². The number of thiophene rings is 1. The van der Waals surface area contributed by atoms with Crippen molar-refractivity contribution in [2.45, 2.75) is 33.7 Å². The molecular formula is C25H24N6O2S. The minimum absolute atomic E-state index is 0.554. The number of rotatable bonds is 5. The minimum Gasteiger partial charge on any atom is -0.481 e. The summed E-state index contributed by atoms with van der Waals surface area (Å²) >= 11 is 1.65. The molecule has 34 heavy (non-hydrogen) atoms. The molecule has 0 saturated carbocycles. The summed E-state index contributed by atoms with van der Waals surface area (Å²) in [4.78, 5) is 22.5. The fourth-order valence-electron chi connectivity index (χ4n) is 4.11. The van der Waals surface area contributed by atoms with Gasteiger partial charge in [0.15, 0.2) is 5.82 Å². The van der Waals surface area contributed by atoms with Gasteiger partial charge in [-0.15, -0.1) is 21.5 Å². The van der Waals surface area contributed by atoms with Crippen LogP contribution in [0.3, 0.4) is 0 Å². The summed E-state index contributed by atoms with van der Waals surface area (Å²) in [5.74, 6) is 0.341. The second kappa shape index (κ2) is 8.49. The number of carboxylic acid groups (broad SMARTS) is 1. The molecule has 2 N–H and O–H groups in total. The monoisotopic (exact) mass is 472 g/mol. The van der Waals surface area contributed by atoms with Gasteiger partial charge in [-0.05, 0) is 57.5 Å². The van der Waals surface area contributed by atoms with Crippen LogP contribution in [0.5, 0.6) is 0 Å². The van der Waals surface area contributed by atoms with Gasteiger partial charge in [0.05, 0.1) is 11.6 Å². The van der Waals surface area contributed by atoms with Crippen molar-refractivity contribution < 1.29 is 9.90 Å². The molecule has 172 valence electrons. The molecule has 9 heteroatoms. The number of hydrogen-bond acceptors (Lipinski definition) is 7. The maximum atomic E-state index is 12.0. The molecular weight excluding hydrogens is 448 g/mol. The molecule has 1 unspecified atom stereocenters. The lowest BCUT2D eigenvalue weighted by atomic mass is 9.98. The van der Waals surface area contributed by atoms with Crippen LogP contribution >= 0.6 is 11.3 Å². The second-order valence-corrected chi connectivity index (χ2v) is 9.57. The van der Waals surface area contributed by atoms with Crippen molar-refractivity contribution >= 4 is 34.5 Å². The predicted molar refractivity (Wildman–Crippen MR) is 133 cm³/mol. The average Bonchev–Trinajstić information content (AvgIpc) is 3.29. The Bertz CT molecular complexity index is 1410. The topological polar surface area (TPSA) is 105 Å². The summed E-state index contributed by atoms with van der Waals surface area (Å²) in [6, 6.07) is 13.0. The number of pyridine rings is 1. The zero-order chi connectivity index (χ0) is 24.0. The molecule has 0 radical (unpaired) electrons. The van der Waals surface area contributed by atoms with Crippen LogP contribution in [0.2, 0.25) is 0 Å². The van der Waals surface area contributed by atoms with Crippen LogP contribution in [-0.2, 0) is 4.79 Å². The van der Waals surface area contributed by atoms with Gasteiger partial charge in [0.2, 0.25) is 0 Å². The lowest BCUT2D eigenvalue weighted by Gasteiger charge is -2.16. The summed E-state index contributed by atoms with van der Waals surface area (Å²) in [5, 5.41) is 22.7. The van der Waals surface area contributed by atoms with Crippen molar-refractivity contribution in [2.75, 3.05) is 5.32 Å². The Hall–Kier alpha value is -3.85. The van der Waals surface area contributed by atoms with Gasteiger partial charge in [-0.3, -0.25) is 14.4 Å². The van der Waals surface area contributed by atoms with Crippen molar-refractivity contribution in [3.63, 3.8) is 0 Å². The molecule has 4 aromatic rings. The Labute approximate surface area is 201 Å². The van der Waals surface area contributed by atoms with Crippen LogP contribution < -0.4 is 5.32 Å². The fourth-order valence-corrected chi connectivity index (χ4v) is 5.33. The van der Waals surface area contributed by atoms with Gasteiger partial charge in [-0.25, -0.2) is 4.98 Å². The first-order chi connectivity index (χ1) is 16.3. The molecule has 8 nitrogen and oxygen atoms in total. The van der Waals surface area contributed by atoms with Gasteiger partial charge in [0, 0.05) is 27.9 Å².